The number of alkyl halides is 1. The number of rotatable bonds is 7. The molecule has 0 fully saturated rings. The van der Waals surface area contributed by atoms with E-state index in [-0.39, 0.29) is 5.88 Å². The highest BCUT2D eigenvalue weighted by Gasteiger charge is 2.21. The second-order valence-electron chi connectivity index (χ2n) is 2.68. The molecule has 0 aliphatic heterocycles. The minimum absolute atomic E-state index is 0.328. The molecule has 0 saturated heterocycles. The molecular weight excluding hydrogens is 222 g/mol. The first-order valence-electron chi connectivity index (χ1n) is 4.54. The Hall–Kier alpha value is -1.10. The van der Waals surface area contributed by atoms with Crippen LogP contribution in [0.2, 0.25) is 0 Å². The topological polar surface area (TPSA) is 65.0 Å². The normalized spacial score (nSPS) is 11.0. The van der Waals surface area contributed by atoms with Gasteiger partial charge in [0.05, 0.1) is 13.0 Å². The Bertz CT molecular complexity index is 234. The van der Waals surface area contributed by atoms with E-state index < -0.39 is 17.5 Å². The number of carbonyl (C=O) groups excluding carboxylic acids is 2. The highest BCUT2D eigenvalue weighted by atomic mass is 35.5. The van der Waals surface area contributed by atoms with E-state index in [2.05, 4.69) is 9.89 Å². The second kappa shape index (κ2) is 8.23. The number of halogens is 1. The molecule has 0 heterocycles. The van der Waals surface area contributed by atoms with Crippen LogP contribution in [0.25, 0.3) is 0 Å². The number of unbranched alkanes of at least 4 members (excludes halogenated alkanes) is 1. The summed E-state index contributed by atoms with van der Waals surface area (Å²) in [5.41, 5.74) is -0.399. The molecule has 0 atom stereocenters. The fraction of sp³-hybridized carbons (Fsp3) is 0.667. The van der Waals surface area contributed by atoms with E-state index in [0.717, 1.165) is 20.0 Å². The summed E-state index contributed by atoms with van der Waals surface area (Å²) in [6.45, 7) is 2.34. The molecule has 0 rings (SSSR count). The van der Waals surface area contributed by atoms with Crippen molar-refractivity contribution in [2.24, 2.45) is 5.16 Å². The number of hydrogen-bond donors (Lipinski definition) is 0. The van der Waals surface area contributed by atoms with Gasteiger partial charge in [-0.1, -0.05) is 18.5 Å². The quantitative estimate of drug-likeness (QED) is 0.166. The largest absolute Gasteiger partial charge is 0.464 e. The molecule has 15 heavy (non-hydrogen) atoms. The van der Waals surface area contributed by atoms with Crippen molar-refractivity contribution in [3.63, 3.8) is 0 Å². The molecule has 5 nitrogen and oxygen atoms in total. The van der Waals surface area contributed by atoms with Crippen LogP contribution in [0.5, 0.6) is 0 Å². The molecule has 0 aromatic heterocycles. The molecule has 0 N–H and O–H groups in total. The molecule has 0 aliphatic rings. The molecule has 0 amide bonds. The zero-order valence-corrected chi connectivity index (χ0v) is 9.54. The molecule has 6 heteroatoms. The lowest BCUT2D eigenvalue weighted by molar-refractivity contribution is -0.133. The highest BCUT2D eigenvalue weighted by Crippen LogP contribution is 1.94. The van der Waals surface area contributed by atoms with Gasteiger partial charge in [-0.25, -0.2) is 4.79 Å². The standard InChI is InChI=1S/C9H14ClNO4/c1-3-4-5-15-11-8(7(12)6-10)9(13)14-2/h3-6H2,1-2H3/b11-8-. The zero-order chi connectivity index (χ0) is 11.7. The van der Waals surface area contributed by atoms with Crippen LogP contribution in [-0.2, 0) is 19.2 Å². The van der Waals surface area contributed by atoms with Gasteiger partial charge in [-0.3, -0.25) is 4.79 Å². The van der Waals surface area contributed by atoms with Gasteiger partial charge in [-0.15, -0.1) is 11.6 Å². The van der Waals surface area contributed by atoms with Crippen molar-refractivity contribution in [2.75, 3.05) is 19.6 Å². The Morgan fingerprint density at radius 3 is 2.53 bits per heavy atom. The smallest absolute Gasteiger partial charge is 0.363 e. The summed E-state index contributed by atoms with van der Waals surface area (Å²) < 4.78 is 4.36. The number of ketones is 1. The van der Waals surface area contributed by atoms with Gasteiger partial charge in [0.2, 0.25) is 11.5 Å². The Morgan fingerprint density at radius 2 is 2.07 bits per heavy atom. The summed E-state index contributed by atoms with van der Waals surface area (Å²) >= 11 is 5.29. The van der Waals surface area contributed by atoms with Gasteiger partial charge < -0.3 is 9.57 Å². The van der Waals surface area contributed by atoms with E-state index in [0.29, 0.717) is 6.61 Å². The van der Waals surface area contributed by atoms with Crippen LogP contribution in [0.15, 0.2) is 5.16 Å². The summed E-state index contributed by atoms with van der Waals surface area (Å²) in [5, 5.41) is 3.41. The second-order valence-corrected chi connectivity index (χ2v) is 2.94. The number of nitrogens with zero attached hydrogens (tertiary/aromatic N) is 1. The summed E-state index contributed by atoms with van der Waals surface area (Å²) in [6, 6.07) is 0. The molecule has 0 radical (unpaired) electrons. The monoisotopic (exact) mass is 235 g/mol. The SMILES string of the molecule is CCCCO/N=C(/C(=O)CCl)C(=O)OC. The van der Waals surface area contributed by atoms with Crippen LogP contribution in [-0.4, -0.2) is 37.1 Å². The first-order chi connectivity index (χ1) is 7.17. The zero-order valence-electron chi connectivity index (χ0n) is 8.79. The van der Waals surface area contributed by atoms with Crippen molar-refractivity contribution in [3.05, 3.63) is 0 Å². The highest BCUT2D eigenvalue weighted by molar-refractivity contribution is 6.67. The van der Waals surface area contributed by atoms with E-state index >= 15 is 0 Å². The summed E-state index contributed by atoms with van der Waals surface area (Å²) in [4.78, 5) is 27.0. The van der Waals surface area contributed by atoms with Gasteiger partial charge in [0.25, 0.3) is 0 Å². The molecule has 86 valence electrons. The maximum Gasteiger partial charge on any atom is 0.363 e. The van der Waals surface area contributed by atoms with Gasteiger partial charge >= 0.3 is 5.97 Å². The van der Waals surface area contributed by atoms with E-state index in [1.54, 1.807) is 0 Å². The lowest BCUT2D eigenvalue weighted by atomic mass is 10.3. The first kappa shape index (κ1) is 13.9. The van der Waals surface area contributed by atoms with Crippen LogP contribution in [0.3, 0.4) is 0 Å². The molecule has 0 bridgehead atoms. The minimum Gasteiger partial charge on any atom is -0.464 e. The van der Waals surface area contributed by atoms with Crippen LogP contribution < -0.4 is 0 Å². The number of oxime groups is 1. The average Bonchev–Trinajstić information content (AvgIpc) is 2.27. The summed E-state index contributed by atoms with van der Waals surface area (Å²) in [5.74, 6) is -1.78. The van der Waals surface area contributed by atoms with Gasteiger partial charge in [0.1, 0.15) is 6.61 Å². The van der Waals surface area contributed by atoms with E-state index in [9.17, 15) is 9.59 Å². The van der Waals surface area contributed by atoms with E-state index in [1.165, 1.54) is 0 Å². The Balaban J connectivity index is 4.35. The Labute approximate surface area is 93.4 Å². The van der Waals surface area contributed by atoms with Crippen molar-refractivity contribution < 1.29 is 19.2 Å². The van der Waals surface area contributed by atoms with Gasteiger partial charge in [0, 0.05) is 0 Å². The number of methoxy groups -OCH3 is 1. The predicted molar refractivity (Wildman–Crippen MR) is 56.0 cm³/mol. The lowest BCUT2D eigenvalue weighted by Crippen LogP contribution is -2.26. The number of carbonyl (C=O) groups is 2. The van der Waals surface area contributed by atoms with Crippen molar-refractivity contribution in [1.29, 1.82) is 0 Å². The molecule has 0 aliphatic carbocycles. The fourth-order valence-corrected chi connectivity index (χ4v) is 0.808. The molecule has 0 unspecified atom stereocenters. The summed E-state index contributed by atoms with van der Waals surface area (Å²) in [7, 11) is 1.16. The Kier molecular flexibility index (Phi) is 7.62. The van der Waals surface area contributed by atoms with Crippen LogP contribution in [0, 0.1) is 0 Å². The van der Waals surface area contributed by atoms with Gasteiger partial charge in [-0.2, -0.15) is 0 Å². The third-order valence-corrected chi connectivity index (χ3v) is 1.75. The molecule has 0 saturated carbocycles. The molecule has 0 spiro atoms. The molecular formula is C9H14ClNO4. The number of esters is 1. The number of ether oxygens (including phenoxy) is 1. The first-order valence-corrected chi connectivity index (χ1v) is 5.08. The predicted octanol–water partition coefficient (Wildman–Crippen LogP) is 1.14. The van der Waals surface area contributed by atoms with Gasteiger partial charge in [-0.05, 0) is 6.42 Å². The Morgan fingerprint density at radius 1 is 1.40 bits per heavy atom. The van der Waals surface area contributed by atoms with E-state index in [4.69, 9.17) is 16.4 Å². The van der Waals surface area contributed by atoms with Crippen LogP contribution in [0.4, 0.5) is 0 Å². The maximum absolute atomic E-state index is 11.1. The minimum atomic E-state index is -0.836. The van der Waals surface area contributed by atoms with Crippen molar-refractivity contribution in [2.45, 2.75) is 19.8 Å². The third-order valence-electron chi connectivity index (χ3n) is 1.51. The van der Waals surface area contributed by atoms with Crippen LogP contribution >= 0.6 is 11.6 Å². The van der Waals surface area contributed by atoms with Crippen molar-refractivity contribution in [3.8, 4) is 0 Å². The molecule has 0 aromatic carbocycles. The van der Waals surface area contributed by atoms with Crippen molar-refractivity contribution in [1.82, 2.24) is 0 Å². The maximum atomic E-state index is 11.1. The average molecular weight is 236 g/mol. The fourth-order valence-electron chi connectivity index (χ4n) is 0.681. The van der Waals surface area contributed by atoms with E-state index in [1.807, 2.05) is 6.92 Å². The van der Waals surface area contributed by atoms with Crippen LogP contribution in [0.1, 0.15) is 19.8 Å². The van der Waals surface area contributed by atoms with Gasteiger partial charge in [0.15, 0.2) is 0 Å². The number of hydrogen-bond acceptors (Lipinski definition) is 5. The lowest BCUT2D eigenvalue weighted by Gasteiger charge is -2.01. The summed E-state index contributed by atoms with van der Waals surface area (Å²) in [6.07, 6.45) is 1.74. The van der Waals surface area contributed by atoms with Crippen molar-refractivity contribution >= 4 is 29.1 Å². The number of Topliss-reactive ketones (excluding diaryl/α,β-unsaturated/α-hetero) is 1. The third kappa shape index (κ3) is 5.37. The molecule has 0 aromatic rings.